The van der Waals surface area contributed by atoms with Crippen molar-refractivity contribution in [3.05, 3.63) is 75.5 Å². The van der Waals surface area contributed by atoms with Crippen LogP contribution in [0.15, 0.2) is 48.5 Å². The van der Waals surface area contributed by atoms with E-state index in [4.69, 9.17) is 0 Å². The van der Waals surface area contributed by atoms with Crippen molar-refractivity contribution in [2.45, 2.75) is 51.1 Å². The molecule has 2 aromatic carbocycles. The molecule has 2 aliphatic heterocycles. The number of para-hydroxylation sites is 1. The molecule has 1 aromatic heterocycles. The number of amides is 2. The lowest BCUT2D eigenvalue weighted by Gasteiger charge is -2.47. The fourth-order valence-electron chi connectivity index (χ4n) is 5.40. The van der Waals surface area contributed by atoms with Gasteiger partial charge in [-0.3, -0.25) is 19.7 Å². The lowest BCUT2D eigenvalue weighted by atomic mass is 9.86. The number of aromatic amines is 1. The van der Waals surface area contributed by atoms with Crippen LogP contribution in [0, 0.1) is 10.1 Å². The van der Waals surface area contributed by atoms with Gasteiger partial charge in [0.05, 0.1) is 17.5 Å². The zero-order chi connectivity index (χ0) is 23.8. The first-order valence-electron chi connectivity index (χ1n) is 11.9. The molecule has 3 heterocycles. The molecule has 3 aromatic rings. The number of nitrogens with zero attached hydrogens (tertiary/aromatic N) is 3. The van der Waals surface area contributed by atoms with Crippen molar-refractivity contribution in [2.75, 3.05) is 13.1 Å². The zero-order valence-corrected chi connectivity index (χ0v) is 19.2. The summed E-state index contributed by atoms with van der Waals surface area (Å²) in [5.41, 5.74) is 3.35. The molecule has 2 amide bonds. The minimum absolute atomic E-state index is 0.0365. The van der Waals surface area contributed by atoms with Crippen molar-refractivity contribution in [1.82, 2.24) is 14.8 Å². The molecule has 1 unspecified atom stereocenters. The van der Waals surface area contributed by atoms with E-state index in [2.05, 4.69) is 11.9 Å². The maximum Gasteiger partial charge on any atom is 0.269 e. The predicted molar refractivity (Wildman–Crippen MR) is 128 cm³/mol. The Bertz CT molecular complexity index is 1270. The van der Waals surface area contributed by atoms with Crippen LogP contribution in [0.1, 0.15) is 55.5 Å². The van der Waals surface area contributed by atoms with Crippen LogP contribution in [0.5, 0.6) is 0 Å². The topological polar surface area (TPSA) is 99.5 Å². The molecule has 0 bridgehead atoms. The van der Waals surface area contributed by atoms with Crippen LogP contribution in [0.4, 0.5) is 5.69 Å². The molecule has 0 saturated carbocycles. The second-order valence-corrected chi connectivity index (χ2v) is 9.16. The number of hydrogen-bond acceptors (Lipinski definition) is 4. The standard InChI is InChI=1S/C26H28N4O4/c1-2-3-4-7-13-28-16-23(31)29-22(26(28)32)15-20-19-11-5-6-12-21(19)27-24(20)25(29)17-9-8-10-18(14-17)30(33)34/h5-6,8-12,14,22,25,27H,2-4,7,13,15-16H2,1H3/t22-,25?/m1/s1. The monoisotopic (exact) mass is 460 g/mol. The second kappa shape index (κ2) is 8.93. The van der Waals surface area contributed by atoms with Gasteiger partial charge >= 0.3 is 0 Å². The highest BCUT2D eigenvalue weighted by molar-refractivity contribution is 5.97. The molecule has 1 N–H and O–H groups in total. The highest BCUT2D eigenvalue weighted by Crippen LogP contribution is 2.43. The van der Waals surface area contributed by atoms with Crippen molar-refractivity contribution in [3.8, 4) is 0 Å². The number of nitro groups is 1. The average molecular weight is 461 g/mol. The maximum absolute atomic E-state index is 13.6. The Morgan fingerprint density at radius 3 is 2.71 bits per heavy atom. The highest BCUT2D eigenvalue weighted by Gasteiger charge is 2.48. The van der Waals surface area contributed by atoms with Crippen LogP contribution in [-0.4, -0.2) is 50.7 Å². The fourth-order valence-corrected chi connectivity index (χ4v) is 5.40. The molecule has 0 spiro atoms. The summed E-state index contributed by atoms with van der Waals surface area (Å²) in [7, 11) is 0. The lowest BCUT2D eigenvalue weighted by molar-refractivity contribution is -0.384. The van der Waals surface area contributed by atoms with Crippen LogP contribution in [0.2, 0.25) is 0 Å². The number of hydrogen-bond donors (Lipinski definition) is 1. The number of nitrogens with one attached hydrogen (secondary N) is 1. The quantitative estimate of drug-likeness (QED) is 0.322. The summed E-state index contributed by atoms with van der Waals surface area (Å²) in [4.78, 5) is 44.9. The number of carbonyl (C=O) groups excluding carboxylic acids is 2. The number of piperazine rings is 1. The van der Waals surface area contributed by atoms with E-state index in [9.17, 15) is 19.7 Å². The number of benzene rings is 2. The number of non-ortho nitro benzene ring substituents is 1. The molecule has 1 fully saturated rings. The van der Waals surface area contributed by atoms with Crippen molar-refractivity contribution in [1.29, 1.82) is 0 Å². The van der Waals surface area contributed by atoms with Gasteiger partial charge in [0, 0.05) is 41.7 Å². The number of nitro benzene ring substituents is 1. The third kappa shape index (κ3) is 3.73. The number of aromatic nitrogens is 1. The second-order valence-electron chi connectivity index (χ2n) is 9.16. The molecule has 0 radical (unpaired) electrons. The Hall–Kier alpha value is -3.68. The minimum Gasteiger partial charge on any atom is -0.356 e. The largest absolute Gasteiger partial charge is 0.356 e. The third-order valence-corrected chi connectivity index (χ3v) is 7.02. The molecule has 2 aliphatic rings. The summed E-state index contributed by atoms with van der Waals surface area (Å²) in [6.07, 6.45) is 4.56. The van der Waals surface area contributed by atoms with Crippen LogP contribution >= 0.6 is 0 Å². The number of fused-ring (bicyclic) bond motifs is 4. The van der Waals surface area contributed by atoms with E-state index in [-0.39, 0.29) is 24.0 Å². The first-order chi connectivity index (χ1) is 16.5. The van der Waals surface area contributed by atoms with E-state index in [1.165, 1.54) is 12.1 Å². The summed E-state index contributed by atoms with van der Waals surface area (Å²) >= 11 is 0. The highest BCUT2D eigenvalue weighted by atomic mass is 16.6. The van der Waals surface area contributed by atoms with E-state index < -0.39 is 17.0 Å². The Balaban J connectivity index is 1.59. The number of rotatable bonds is 7. The summed E-state index contributed by atoms with van der Waals surface area (Å²) in [6.45, 7) is 2.77. The molecule has 8 heteroatoms. The van der Waals surface area contributed by atoms with E-state index >= 15 is 0 Å². The van der Waals surface area contributed by atoms with Gasteiger partial charge in [0.1, 0.15) is 6.04 Å². The molecule has 8 nitrogen and oxygen atoms in total. The van der Waals surface area contributed by atoms with Crippen molar-refractivity contribution < 1.29 is 14.5 Å². The van der Waals surface area contributed by atoms with E-state index in [1.54, 1.807) is 21.9 Å². The number of unbranched alkanes of at least 4 members (excludes halogenated alkanes) is 3. The Morgan fingerprint density at radius 2 is 1.91 bits per heavy atom. The van der Waals surface area contributed by atoms with E-state index in [0.717, 1.165) is 47.8 Å². The average Bonchev–Trinajstić information content (AvgIpc) is 3.22. The first kappa shape index (κ1) is 22.1. The molecule has 1 saturated heterocycles. The van der Waals surface area contributed by atoms with Crippen LogP contribution in [0.25, 0.3) is 10.9 Å². The smallest absolute Gasteiger partial charge is 0.269 e. The van der Waals surface area contributed by atoms with Gasteiger partial charge in [0.15, 0.2) is 0 Å². The minimum atomic E-state index is -0.622. The lowest BCUT2D eigenvalue weighted by Crippen LogP contribution is -2.63. The summed E-state index contributed by atoms with van der Waals surface area (Å²) in [5, 5.41) is 12.5. The van der Waals surface area contributed by atoms with Gasteiger partial charge in [0.2, 0.25) is 11.8 Å². The Morgan fingerprint density at radius 1 is 1.09 bits per heavy atom. The molecule has 34 heavy (non-hydrogen) atoms. The van der Waals surface area contributed by atoms with Gasteiger partial charge in [-0.2, -0.15) is 0 Å². The molecule has 176 valence electrons. The van der Waals surface area contributed by atoms with Gasteiger partial charge in [-0.1, -0.05) is 56.5 Å². The molecule has 0 aliphatic carbocycles. The van der Waals surface area contributed by atoms with Crippen LogP contribution in [-0.2, 0) is 16.0 Å². The van der Waals surface area contributed by atoms with Crippen LogP contribution < -0.4 is 0 Å². The van der Waals surface area contributed by atoms with Crippen molar-refractivity contribution >= 4 is 28.4 Å². The van der Waals surface area contributed by atoms with Crippen LogP contribution in [0.3, 0.4) is 0 Å². The summed E-state index contributed by atoms with van der Waals surface area (Å²) in [6, 6.07) is 13.1. The van der Waals surface area contributed by atoms with Gasteiger partial charge in [-0.05, 0) is 23.6 Å². The van der Waals surface area contributed by atoms with E-state index in [0.29, 0.717) is 18.5 Å². The van der Waals surface area contributed by atoms with Gasteiger partial charge in [-0.25, -0.2) is 0 Å². The zero-order valence-electron chi connectivity index (χ0n) is 19.2. The predicted octanol–water partition coefficient (Wildman–Crippen LogP) is 4.34. The maximum atomic E-state index is 13.6. The summed E-state index contributed by atoms with van der Waals surface area (Å²) < 4.78 is 0. The molecule has 5 rings (SSSR count). The van der Waals surface area contributed by atoms with Crippen molar-refractivity contribution in [3.63, 3.8) is 0 Å². The number of carbonyl (C=O) groups is 2. The van der Waals surface area contributed by atoms with Gasteiger partial charge in [0.25, 0.3) is 5.69 Å². The molecular formula is C26H28N4O4. The molecule has 2 atom stereocenters. The fraction of sp³-hybridized carbons (Fsp3) is 0.385. The van der Waals surface area contributed by atoms with E-state index in [1.807, 2.05) is 24.3 Å². The number of H-pyrrole nitrogens is 1. The third-order valence-electron chi connectivity index (χ3n) is 7.02. The Labute approximate surface area is 197 Å². The van der Waals surface area contributed by atoms with Gasteiger partial charge < -0.3 is 14.8 Å². The Kier molecular flexibility index (Phi) is 5.81. The molecular weight excluding hydrogens is 432 g/mol. The summed E-state index contributed by atoms with van der Waals surface area (Å²) in [5.74, 6) is -0.164. The van der Waals surface area contributed by atoms with Gasteiger partial charge in [-0.15, -0.1) is 0 Å². The SMILES string of the molecule is CCCCCCN1CC(=O)N2C(c3cccc([N+](=O)[O-])c3)c3[nH]c4ccccc4c3C[C@@H]2C1=O. The normalized spacial score (nSPS) is 19.9. The first-order valence-corrected chi connectivity index (χ1v) is 11.9. The van der Waals surface area contributed by atoms with Crippen molar-refractivity contribution in [2.24, 2.45) is 0 Å².